The molecule has 0 aliphatic carbocycles. The summed E-state index contributed by atoms with van der Waals surface area (Å²) in [5.74, 6) is 0. The summed E-state index contributed by atoms with van der Waals surface area (Å²) in [7, 11) is 0. The molecule has 0 bridgehead atoms. The standard InChI is InChI=1S/C26H30N/c1-4-7-11-20-13-10-15-24-22(20)17-19-27-25(24)23-14-9-8-12-21(23)16-18-26(27,5-2)6-3/h8-10,12-19H,4-7,11H2,1-3H3/q+1. The van der Waals surface area contributed by atoms with Crippen LogP contribution in [-0.2, 0) is 12.0 Å². The molecule has 138 valence electrons. The van der Waals surface area contributed by atoms with Crippen LogP contribution in [0.15, 0.2) is 60.8 Å². The van der Waals surface area contributed by atoms with E-state index >= 15 is 0 Å². The first kappa shape index (κ1) is 18.0. The molecule has 0 saturated carbocycles. The van der Waals surface area contributed by atoms with E-state index in [-0.39, 0.29) is 5.54 Å². The molecule has 0 spiro atoms. The molecule has 2 aromatic carbocycles. The molecule has 1 heteroatoms. The fourth-order valence-corrected chi connectivity index (χ4v) is 4.61. The number of nitrogens with zero attached hydrogens (tertiary/aromatic N) is 1. The number of benzene rings is 2. The van der Waals surface area contributed by atoms with Crippen LogP contribution < -0.4 is 4.57 Å². The number of fused-ring (bicyclic) bond motifs is 5. The van der Waals surface area contributed by atoms with E-state index in [1.807, 2.05) is 0 Å². The van der Waals surface area contributed by atoms with Crippen molar-refractivity contribution in [2.75, 3.05) is 0 Å². The Bertz CT molecular complexity index is 992. The molecule has 0 unspecified atom stereocenters. The zero-order chi connectivity index (χ0) is 18.9. The molecule has 1 nitrogen and oxygen atoms in total. The Kier molecular flexibility index (Phi) is 4.86. The van der Waals surface area contributed by atoms with Crippen LogP contribution in [0.4, 0.5) is 0 Å². The average Bonchev–Trinajstić information content (AvgIpc) is 2.87. The largest absolute Gasteiger partial charge is 0.221 e. The minimum atomic E-state index is 0.0297. The van der Waals surface area contributed by atoms with Crippen molar-refractivity contribution in [3.05, 3.63) is 71.9 Å². The molecule has 0 N–H and O–H groups in total. The first-order valence-electron chi connectivity index (χ1n) is 10.5. The SMILES string of the molecule is CCCCc1cccc2c3[n+](ccc12)C(CC)(CC)C=Cc1ccccc1-3. The monoisotopic (exact) mass is 356 g/mol. The smallest absolute Gasteiger partial charge is 0.189 e. The normalized spacial score (nSPS) is 14.6. The van der Waals surface area contributed by atoms with Gasteiger partial charge in [-0.3, -0.25) is 0 Å². The summed E-state index contributed by atoms with van der Waals surface area (Å²) in [4.78, 5) is 0. The van der Waals surface area contributed by atoms with Gasteiger partial charge < -0.3 is 0 Å². The fraction of sp³-hybridized carbons (Fsp3) is 0.346. The van der Waals surface area contributed by atoms with Crippen LogP contribution in [0.5, 0.6) is 0 Å². The van der Waals surface area contributed by atoms with Crippen LogP contribution in [0.2, 0.25) is 0 Å². The molecule has 4 rings (SSSR count). The lowest BCUT2D eigenvalue weighted by Gasteiger charge is -2.24. The molecule has 0 radical (unpaired) electrons. The second-order valence-electron chi connectivity index (χ2n) is 7.75. The van der Waals surface area contributed by atoms with E-state index < -0.39 is 0 Å². The highest BCUT2D eigenvalue weighted by atomic mass is 15.1. The molecule has 2 heterocycles. The second kappa shape index (κ2) is 7.31. The number of unbranched alkanes of at least 4 members (excludes halogenated alkanes) is 1. The van der Waals surface area contributed by atoms with E-state index in [1.54, 1.807) is 0 Å². The quantitative estimate of drug-likeness (QED) is 0.449. The second-order valence-corrected chi connectivity index (χ2v) is 7.75. The summed E-state index contributed by atoms with van der Waals surface area (Å²) < 4.78 is 2.54. The maximum Gasteiger partial charge on any atom is 0.221 e. The number of hydrogen-bond donors (Lipinski definition) is 0. The van der Waals surface area contributed by atoms with E-state index in [0.29, 0.717) is 0 Å². The van der Waals surface area contributed by atoms with Gasteiger partial charge in [0.1, 0.15) is 0 Å². The summed E-state index contributed by atoms with van der Waals surface area (Å²) in [6.07, 6.45) is 12.9. The molecule has 27 heavy (non-hydrogen) atoms. The molecule has 1 aliphatic rings. The third kappa shape index (κ3) is 2.90. The molecule has 0 saturated heterocycles. The Morgan fingerprint density at radius 3 is 2.44 bits per heavy atom. The van der Waals surface area contributed by atoms with Crippen molar-refractivity contribution in [3.8, 4) is 11.3 Å². The highest BCUT2D eigenvalue weighted by Gasteiger charge is 2.39. The molecule has 1 aliphatic heterocycles. The summed E-state index contributed by atoms with van der Waals surface area (Å²) in [5, 5.41) is 2.79. The van der Waals surface area contributed by atoms with Crippen molar-refractivity contribution in [2.24, 2.45) is 0 Å². The summed E-state index contributed by atoms with van der Waals surface area (Å²) in [5.41, 5.74) is 5.54. The van der Waals surface area contributed by atoms with Crippen molar-refractivity contribution < 1.29 is 4.57 Å². The van der Waals surface area contributed by atoms with Crippen molar-refractivity contribution in [1.82, 2.24) is 0 Å². The number of aryl methyl sites for hydroxylation is 1. The molecule has 0 fully saturated rings. The Labute approximate surface area is 163 Å². The highest BCUT2D eigenvalue weighted by Crippen LogP contribution is 2.36. The molecule has 3 aromatic rings. The number of allylic oxidation sites excluding steroid dienone is 1. The summed E-state index contributed by atoms with van der Waals surface area (Å²) >= 11 is 0. The van der Waals surface area contributed by atoms with Gasteiger partial charge in [0, 0.05) is 18.9 Å². The molecular weight excluding hydrogens is 326 g/mol. The minimum Gasteiger partial charge on any atom is -0.189 e. The first-order chi connectivity index (χ1) is 13.2. The van der Waals surface area contributed by atoms with E-state index in [0.717, 1.165) is 19.3 Å². The van der Waals surface area contributed by atoms with Gasteiger partial charge in [0.15, 0.2) is 11.7 Å². The van der Waals surface area contributed by atoms with Gasteiger partial charge in [-0.15, -0.1) is 0 Å². The van der Waals surface area contributed by atoms with Gasteiger partial charge in [0.05, 0.1) is 10.9 Å². The maximum atomic E-state index is 2.54. The van der Waals surface area contributed by atoms with E-state index in [1.165, 1.54) is 46.0 Å². The number of rotatable bonds is 5. The van der Waals surface area contributed by atoms with Crippen molar-refractivity contribution >= 4 is 16.8 Å². The van der Waals surface area contributed by atoms with Gasteiger partial charge in [-0.1, -0.05) is 63.6 Å². The Hall–Kier alpha value is -2.41. The predicted octanol–water partition coefficient (Wildman–Crippen LogP) is 6.68. The topological polar surface area (TPSA) is 3.88 Å². The van der Waals surface area contributed by atoms with Crippen LogP contribution >= 0.6 is 0 Å². The van der Waals surface area contributed by atoms with Gasteiger partial charge in [-0.05, 0) is 47.6 Å². The van der Waals surface area contributed by atoms with Crippen LogP contribution in [0.3, 0.4) is 0 Å². The number of pyridine rings is 1. The highest BCUT2D eigenvalue weighted by molar-refractivity contribution is 5.96. The fourth-order valence-electron chi connectivity index (χ4n) is 4.61. The Morgan fingerprint density at radius 2 is 1.67 bits per heavy atom. The van der Waals surface area contributed by atoms with Gasteiger partial charge in [0.25, 0.3) is 0 Å². The van der Waals surface area contributed by atoms with E-state index in [9.17, 15) is 0 Å². The van der Waals surface area contributed by atoms with Crippen LogP contribution in [0, 0.1) is 0 Å². The van der Waals surface area contributed by atoms with Crippen molar-refractivity contribution in [2.45, 2.75) is 58.4 Å². The predicted molar refractivity (Wildman–Crippen MR) is 116 cm³/mol. The van der Waals surface area contributed by atoms with Gasteiger partial charge in [-0.25, -0.2) is 0 Å². The van der Waals surface area contributed by atoms with E-state index in [4.69, 9.17) is 0 Å². The zero-order valence-electron chi connectivity index (χ0n) is 16.8. The summed E-state index contributed by atoms with van der Waals surface area (Å²) in [6, 6.07) is 18.1. The van der Waals surface area contributed by atoms with Crippen molar-refractivity contribution in [3.63, 3.8) is 0 Å². The van der Waals surface area contributed by atoms with Gasteiger partial charge in [0.2, 0.25) is 5.69 Å². The zero-order valence-corrected chi connectivity index (χ0v) is 16.8. The maximum absolute atomic E-state index is 2.54. The van der Waals surface area contributed by atoms with Gasteiger partial charge in [-0.2, -0.15) is 4.57 Å². The summed E-state index contributed by atoms with van der Waals surface area (Å²) in [6.45, 7) is 6.89. The van der Waals surface area contributed by atoms with Crippen LogP contribution in [-0.4, -0.2) is 0 Å². The number of hydrogen-bond acceptors (Lipinski definition) is 0. The lowest BCUT2D eigenvalue weighted by atomic mass is 9.90. The Balaban J connectivity index is 2.08. The molecule has 0 amide bonds. The van der Waals surface area contributed by atoms with E-state index in [2.05, 4.69) is 92.2 Å². The third-order valence-corrected chi connectivity index (χ3v) is 6.38. The van der Waals surface area contributed by atoms with Crippen molar-refractivity contribution in [1.29, 1.82) is 0 Å². The molecule has 1 aromatic heterocycles. The average molecular weight is 357 g/mol. The van der Waals surface area contributed by atoms with Crippen LogP contribution in [0.1, 0.15) is 57.6 Å². The lowest BCUT2D eigenvalue weighted by molar-refractivity contribution is -0.742. The van der Waals surface area contributed by atoms with Crippen LogP contribution in [0.25, 0.3) is 28.1 Å². The van der Waals surface area contributed by atoms with Gasteiger partial charge >= 0.3 is 0 Å². The lowest BCUT2D eigenvalue weighted by Crippen LogP contribution is -2.55. The Morgan fingerprint density at radius 1 is 0.852 bits per heavy atom. The number of aromatic nitrogens is 1. The minimum absolute atomic E-state index is 0.0297. The molecule has 0 atom stereocenters. The third-order valence-electron chi connectivity index (χ3n) is 6.38. The molecular formula is C26H30N+. The first-order valence-corrected chi connectivity index (χ1v) is 10.5.